The van der Waals surface area contributed by atoms with Crippen molar-refractivity contribution in [2.75, 3.05) is 0 Å². The highest BCUT2D eigenvalue weighted by molar-refractivity contribution is 6.08. The van der Waals surface area contributed by atoms with Crippen molar-refractivity contribution in [3.8, 4) is 5.75 Å². The summed E-state index contributed by atoms with van der Waals surface area (Å²) in [7, 11) is 0. The maximum absolute atomic E-state index is 14.3. The first-order chi connectivity index (χ1) is 20.4. The highest BCUT2D eigenvalue weighted by atomic mass is 16.3. The van der Waals surface area contributed by atoms with Crippen LogP contribution in [0.4, 0.5) is 0 Å². The molecule has 222 valence electrons. The summed E-state index contributed by atoms with van der Waals surface area (Å²) in [5, 5.41) is 11.5. The number of carbonyl (C=O) groups excluding carboxylic acids is 4. The Hall–Kier alpha value is -3.22. The fourth-order valence-corrected chi connectivity index (χ4v) is 9.57. The number of allylic oxidation sites excluding steroid dienone is 3. The molecule has 0 bridgehead atoms. The average Bonchev–Trinajstić information content (AvgIpc) is 3.42. The van der Waals surface area contributed by atoms with Crippen LogP contribution in [0.5, 0.6) is 5.75 Å². The van der Waals surface area contributed by atoms with Gasteiger partial charge >= 0.3 is 0 Å². The molecular weight excluding hydrogens is 528 g/mol. The van der Waals surface area contributed by atoms with Crippen LogP contribution in [0.3, 0.4) is 0 Å². The molecule has 2 aliphatic heterocycles. The summed E-state index contributed by atoms with van der Waals surface area (Å²) in [5.74, 6) is -3.14. The maximum Gasteiger partial charge on any atom is 0.234 e. The molecule has 2 heterocycles. The second kappa shape index (κ2) is 10.8. The van der Waals surface area contributed by atoms with Crippen molar-refractivity contribution in [1.82, 2.24) is 9.80 Å². The summed E-state index contributed by atoms with van der Waals surface area (Å²) >= 11 is 0. The van der Waals surface area contributed by atoms with E-state index in [4.69, 9.17) is 0 Å². The number of benzene rings is 1. The van der Waals surface area contributed by atoms with Gasteiger partial charge in [-0.1, -0.05) is 74.4 Å². The number of phenols is 1. The SMILES string of the molecule is C=CCc1cccc([C@H]2C3=CC[C@@H]4C(=O)N(C5CCCCC5)C(=O)[C@@H]4[C@@H]3C[C@H]3C(=O)N(C4CCCCC4)C(=O)[C@@H]23)c1O. The number of hydrogen-bond donors (Lipinski definition) is 1. The van der Waals surface area contributed by atoms with Gasteiger partial charge in [0.2, 0.25) is 23.6 Å². The van der Waals surface area contributed by atoms with Crippen LogP contribution in [0.15, 0.2) is 42.5 Å². The highest BCUT2D eigenvalue weighted by Gasteiger charge is 2.63. The number of nitrogens with zero attached hydrogens (tertiary/aromatic N) is 2. The number of carbonyl (C=O) groups is 4. The molecule has 5 fully saturated rings. The molecule has 1 aromatic carbocycles. The van der Waals surface area contributed by atoms with Crippen LogP contribution in [-0.2, 0) is 25.6 Å². The van der Waals surface area contributed by atoms with Gasteiger partial charge in [0.25, 0.3) is 0 Å². The van der Waals surface area contributed by atoms with Crippen LogP contribution in [-0.4, -0.2) is 50.6 Å². The summed E-state index contributed by atoms with van der Waals surface area (Å²) in [5.41, 5.74) is 2.33. The van der Waals surface area contributed by atoms with Gasteiger partial charge < -0.3 is 5.11 Å². The normalized spacial score (nSPS) is 33.9. The lowest BCUT2D eigenvalue weighted by atomic mass is 9.57. The predicted molar refractivity (Wildman–Crippen MR) is 157 cm³/mol. The van der Waals surface area contributed by atoms with E-state index in [1.807, 2.05) is 18.2 Å². The van der Waals surface area contributed by atoms with Crippen molar-refractivity contribution >= 4 is 23.6 Å². The Morgan fingerprint density at radius 3 is 1.98 bits per heavy atom. The summed E-state index contributed by atoms with van der Waals surface area (Å²) in [6, 6.07) is 5.52. The minimum Gasteiger partial charge on any atom is -0.507 e. The second-order valence-corrected chi connectivity index (χ2v) is 13.5. The third-order valence-corrected chi connectivity index (χ3v) is 11.4. The first kappa shape index (κ1) is 27.6. The molecule has 6 aliphatic rings. The molecule has 3 saturated carbocycles. The molecule has 4 aliphatic carbocycles. The molecule has 1 N–H and O–H groups in total. The minimum atomic E-state index is -0.606. The second-order valence-electron chi connectivity index (χ2n) is 13.5. The van der Waals surface area contributed by atoms with E-state index in [2.05, 4.69) is 12.7 Å². The summed E-state index contributed by atoms with van der Waals surface area (Å²) in [6.07, 6.45) is 14.9. The van der Waals surface area contributed by atoms with Gasteiger partial charge in [-0.25, -0.2) is 0 Å². The van der Waals surface area contributed by atoms with Crippen molar-refractivity contribution < 1.29 is 24.3 Å². The molecule has 42 heavy (non-hydrogen) atoms. The number of para-hydroxylation sites is 1. The lowest BCUT2D eigenvalue weighted by molar-refractivity contribution is -0.145. The van der Waals surface area contributed by atoms with Crippen LogP contribution in [0, 0.1) is 29.6 Å². The molecular formula is C35H42N2O5. The van der Waals surface area contributed by atoms with Gasteiger partial charge in [-0.05, 0) is 56.4 Å². The largest absolute Gasteiger partial charge is 0.507 e. The van der Waals surface area contributed by atoms with Gasteiger partial charge in [0.1, 0.15) is 5.75 Å². The van der Waals surface area contributed by atoms with Crippen LogP contribution in [0.1, 0.15) is 94.1 Å². The third-order valence-electron chi connectivity index (χ3n) is 11.4. The van der Waals surface area contributed by atoms with E-state index < -0.39 is 29.6 Å². The fourth-order valence-electron chi connectivity index (χ4n) is 9.57. The number of aromatic hydroxyl groups is 1. The number of phenolic OH excluding ortho intramolecular Hbond substituents is 1. The minimum absolute atomic E-state index is 0.0314. The van der Waals surface area contributed by atoms with E-state index in [-0.39, 0.29) is 47.4 Å². The first-order valence-corrected chi connectivity index (χ1v) is 16.3. The molecule has 7 heteroatoms. The van der Waals surface area contributed by atoms with Crippen molar-refractivity contribution in [1.29, 1.82) is 0 Å². The van der Waals surface area contributed by atoms with Gasteiger partial charge in [-0.3, -0.25) is 29.0 Å². The Balaban J connectivity index is 1.31. The van der Waals surface area contributed by atoms with E-state index in [9.17, 15) is 24.3 Å². The number of fused-ring (bicyclic) bond motifs is 4. The summed E-state index contributed by atoms with van der Waals surface area (Å²) in [4.78, 5) is 59.5. The Kier molecular flexibility index (Phi) is 7.10. The predicted octanol–water partition coefficient (Wildman–Crippen LogP) is 5.42. The zero-order valence-electron chi connectivity index (χ0n) is 24.4. The molecule has 1 aromatic rings. The number of imide groups is 2. The number of amides is 4. The molecule has 0 spiro atoms. The van der Waals surface area contributed by atoms with Crippen molar-refractivity contribution in [2.45, 2.75) is 101 Å². The smallest absolute Gasteiger partial charge is 0.234 e. The van der Waals surface area contributed by atoms with Gasteiger partial charge in [0, 0.05) is 23.6 Å². The summed E-state index contributed by atoms with van der Waals surface area (Å²) in [6.45, 7) is 3.84. The van der Waals surface area contributed by atoms with Crippen LogP contribution < -0.4 is 0 Å². The molecule has 2 saturated heterocycles. The molecule has 0 unspecified atom stereocenters. The number of hydrogen-bond acceptors (Lipinski definition) is 5. The van der Waals surface area contributed by atoms with Crippen molar-refractivity contribution in [2.24, 2.45) is 29.6 Å². The molecule has 0 radical (unpaired) electrons. The Labute approximate surface area is 248 Å². The Bertz CT molecular complexity index is 1350. The Morgan fingerprint density at radius 2 is 1.36 bits per heavy atom. The molecule has 6 atom stereocenters. The molecule has 4 amide bonds. The van der Waals surface area contributed by atoms with E-state index in [1.54, 1.807) is 15.9 Å². The standard InChI is InChI=1S/C35H42N2O5/c1-2-10-20-11-9-16-24(31(20)38)28-23-17-18-25-29(34(41)36(32(25)39)21-12-5-3-6-13-21)26(23)19-27-30(28)35(42)37(33(27)40)22-14-7-4-8-15-22/h2,9,11,16-17,21-22,25-30,38H,1,3-8,10,12-15,18-19H2/t25-,26+,27+,28+,29-,30+/m0/s1. The van der Waals surface area contributed by atoms with Crippen LogP contribution in [0.25, 0.3) is 0 Å². The quantitative estimate of drug-likeness (QED) is 0.377. The lowest BCUT2D eigenvalue weighted by Gasteiger charge is -2.44. The van der Waals surface area contributed by atoms with E-state index in [1.165, 1.54) is 0 Å². The average molecular weight is 571 g/mol. The molecule has 7 nitrogen and oxygen atoms in total. The maximum atomic E-state index is 14.3. The van der Waals surface area contributed by atoms with Gasteiger partial charge in [-0.15, -0.1) is 6.58 Å². The van der Waals surface area contributed by atoms with Gasteiger partial charge in [0.15, 0.2) is 0 Å². The zero-order valence-corrected chi connectivity index (χ0v) is 24.4. The van der Waals surface area contributed by atoms with E-state index in [0.717, 1.165) is 75.3 Å². The first-order valence-electron chi connectivity index (χ1n) is 16.3. The van der Waals surface area contributed by atoms with E-state index in [0.29, 0.717) is 24.8 Å². The topological polar surface area (TPSA) is 95.0 Å². The van der Waals surface area contributed by atoms with Gasteiger partial charge in [0.05, 0.1) is 23.7 Å². The zero-order chi connectivity index (χ0) is 29.1. The lowest BCUT2D eigenvalue weighted by Crippen LogP contribution is -2.44. The van der Waals surface area contributed by atoms with Crippen LogP contribution in [0.2, 0.25) is 0 Å². The number of likely N-dealkylation sites (tertiary alicyclic amines) is 2. The van der Waals surface area contributed by atoms with Crippen LogP contribution >= 0.6 is 0 Å². The van der Waals surface area contributed by atoms with Crippen molar-refractivity contribution in [3.05, 3.63) is 53.6 Å². The van der Waals surface area contributed by atoms with Gasteiger partial charge in [-0.2, -0.15) is 0 Å². The third kappa shape index (κ3) is 4.13. The van der Waals surface area contributed by atoms with Crippen molar-refractivity contribution in [3.63, 3.8) is 0 Å². The number of rotatable bonds is 5. The Morgan fingerprint density at radius 1 is 0.762 bits per heavy atom. The fraction of sp³-hybridized carbons (Fsp3) is 0.600. The molecule has 7 rings (SSSR count). The molecule has 0 aromatic heterocycles. The summed E-state index contributed by atoms with van der Waals surface area (Å²) < 4.78 is 0. The highest BCUT2D eigenvalue weighted by Crippen LogP contribution is 2.59. The van der Waals surface area contributed by atoms with E-state index >= 15 is 0 Å². The monoisotopic (exact) mass is 570 g/mol.